The van der Waals surface area contributed by atoms with E-state index in [0.29, 0.717) is 5.41 Å². The van der Waals surface area contributed by atoms with Gasteiger partial charge in [-0.2, -0.15) is 0 Å². The molecule has 0 amide bonds. The van der Waals surface area contributed by atoms with Crippen LogP contribution in [0.1, 0.15) is 25.7 Å². The molecule has 0 unspecified atom stereocenters. The van der Waals surface area contributed by atoms with Crippen LogP contribution in [0.15, 0.2) is 12.7 Å². The van der Waals surface area contributed by atoms with Crippen molar-refractivity contribution in [2.75, 3.05) is 5.33 Å². The first-order valence-electron chi connectivity index (χ1n) is 3.50. The lowest BCUT2D eigenvalue weighted by atomic mass is 9.68. The Morgan fingerprint density at radius 2 is 2.22 bits per heavy atom. The van der Waals surface area contributed by atoms with E-state index in [1.807, 2.05) is 6.08 Å². The lowest BCUT2D eigenvalue weighted by Crippen LogP contribution is -2.30. The molecule has 0 spiro atoms. The van der Waals surface area contributed by atoms with Crippen molar-refractivity contribution in [2.24, 2.45) is 5.41 Å². The quantitative estimate of drug-likeness (QED) is 0.472. The van der Waals surface area contributed by atoms with Crippen molar-refractivity contribution in [1.82, 2.24) is 0 Å². The summed E-state index contributed by atoms with van der Waals surface area (Å²) in [5.41, 5.74) is 0.613. The molecule has 0 bridgehead atoms. The van der Waals surface area contributed by atoms with Crippen LogP contribution in [0.4, 0.5) is 0 Å². The average Bonchev–Trinajstić information content (AvgIpc) is 1.79. The topological polar surface area (TPSA) is 0 Å². The fourth-order valence-electron chi connectivity index (χ4n) is 1.38. The van der Waals surface area contributed by atoms with Crippen LogP contribution in [0, 0.1) is 5.41 Å². The summed E-state index contributed by atoms with van der Waals surface area (Å²) in [6.45, 7) is 3.75. The zero-order valence-corrected chi connectivity index (χ0v) is 7.28. The minimum Gasteiger partial charge on any atom is -0.103 e. The second-order valence-electron chi connectivity index (χ2n) is 2.98. The van der Waals surface area contributed by atoms with Gasteiger partial charge in [0.15, 0.2) is 0 Å². The third kappa shape index (κ3) is 1.37. The van der Waals surface area contributed by atoms with Crippen molar-refractivity contribution >= 4 is 15.9 Å². The minimum absolute atomic E-state index is 0.613. The van der Waals surface area contributed by atoms with E-state index in [4.69, 9.17) is 0 Å². The summed E-state index contributed by atoms with van der Waals surface area (Å²) in [5, 5.41) is 1.16. The molecule has 0 aromatic heterocycles. The van der Waals surface area contributed by atoms with Crippen molar-refractivity contribution in [3.63, 3.8) is 0 Å². The second kappa shape index (κ2) is 2.87. The van der Waals surface area contributed by atoms with Gasteiger partial charge in [-0.15, -0.1) is 6.58 Å². The smallest absolute Gasteiger partial charge is 0.00909 e. The molecule has 1 rings (SSSR count). The Balaban J connectivity index is 2.36. The number of allylic oxidation sites excluding steroid dienone is 1. The van der Waals surface area contributed by atoms with Gasteiger partial charge in [-0.05, 0) is 24.7 Å². The number of halogens is 1. The molecule has 52 valence electrons. The zero-order valence-electron chi connectivity index (χ0n) is 5.70. The van der Waals surface area contributed by atoms with Gasteiger partial charge in [0.2, 0.25) is 0 Å². The lowest BCUT2D eigenvalue weighted by Gasteiger charge is -2.39. The van der Waals surface area contributed by atoms with Crippen LogP contribution in [0.25, 0.3) is 0 Å². The van der Waals surface area contributed by atoms with E-state index in [2.05, 4.69) is 22.5 Å². The highest BCUT2D eigenvalue weighted by Gasteiger charge is 2.33. The first kappa shape index (κ1) is 7.33. The summed E-state index contributed by atoms with van der Waals surface area (Å²) in [6.07, 6.45) is 7.44. The number of hydrogen-bond donors (Lipinski definition) is 0. The van der Waals surface area contributed by atoms with Crippen LogP contribution in [0.3, 0.4) is 0 Å². The zero-order chi connectivity index (χ0) is 6.74. The van der Waals surface area contributed by atoms with Crippen LogP contribution in [0.2, 0.25) is 0 Å². The molecule has 0 aromatic carbocycles. The Kier molecular flexibility index (Phi) is 2.34. The molecular weight excluding hydrogens is 176 g/mol. The Morgan fingerprint density at radius 3 is 2.33 bits per heavy atom. The van der Waals surface area contributed by atoms with Crippen molar-refractivity contribution in [3.05, 3.63) is 12.7 Å². The van der Waals surface area contributed by atoms with Crippen molar-refractivity contribution in [1.29, 1.82) is 0 Å². The maximum Gasteiger partial charge on any atom is 0.00909 e. The monoisotopic (exact) mass is 188 g/mol. The number of rotatable bonds is 3. The number of hydrogen-bond acceptors (Lipinski definition) is 0. The summed E-state index contributed by atoms with van der Waals surface area (Å²) in [5.74, 6) is 0. The Labute approximate surface area is 65.5 Å². The van der Waals surface area contributed by atoms with E-state index in [0.717, 1.165) is 5.33 Å². The normalized spacial score (nSPS) is 22.8. The molecule has 9 heavy (non-hydrogen) atoms. The predicted molar refractivity (Wildman–Crippen MR) is 44.9 cm³/mol. The van der Waals surface area contributed by atoms with Gasteiger partial charge in [0, 0.05) is 5.33 Å². The Morgan fingerprint density at radius 1 is 1.56 bits per heavy atom. The maximum absolute atomic E-state index is 3.75. The predicted octanol–water partition coefficient (Wildman–Crippen LogP) is 3.13. The highest BCUT2D eigenvalue weighted by atomic mass is 79.9. The van der Waals surface area contributed by atoms with Crippen molar-refractivity contribution in [2.45, 2.75) is 25.7 Å². The SMILES string of the molecule is C=CCC1(CBr)CCC1. The van der Waals surface area contributed by atoms with E-state index >= 15 is 0 Å². The van der Waals surface area contributed by atoms with Crippen molar-refractivity contribution < 1.29 is 0 Å². The molecule has 0 N–H and O–H groups in total. The van der Waals surface area contributed by atoms with E-state index < -0.39 is 0 Å². The lowest BCUT2D eigenvalue weighted by molar-refractivity contribution is 0.174. The molecule has 0 aliphatic heterocycles. The summed E-state index contributed by atoms with van der Waals surface area (Å²) in [6, 6.07) is 0. The van der Waals surface area contributed by atoms with E-state index in [-0.39, 0.29) is 0 Å². The van der Waals surface area contributed by atoms with E-state index in [1.165, 1.54) is 25.7 Å². The molecule has 0 nitrogen and oxygen atoms in total. The van der Waals surface area contributed by atoms with Crippen LogP contribution in [0.5, 0.6) is 0 Å². The Hall–Kier alpha value is 0.220. The van der Waals surface area contributed by atoms with Crippen LogP contribution < -0.4 is 0 Å². The molecule has 1 aliphatic carbocycles. The van der Waals surface area contributed by atoms with Gasteiger partial charge in [0.25, 0.3) is 0 Å². The van der Waals surface area contributed by atoms with Gasteiger partial charge >= 0.3 is 0 Å². The van der Waals surface area contributed by atoms with Crippen LogP contribution in [-0.2, 0) is 0 Å². The summed E-state index contributed by atoms with van der Waals surface area (Å²) < 4.78 is 0. The summed E-state index contributed by atoms with van der Waals surface area (Å²) in [4.78, 5) is 0. The largest absolute Gasteiger partial charge is 0.103 e. The fraction of sp³-hybridized carbons (Fsp3) is 0.750. The van der Waals surface area contributed by atoms with Crippen LogP contribution >= 0.6 is 15.9 Å². The molecule has 0 saturated heterocycles. The van der Waals surface area contributed by atoms with Gasteiger partial charge < -0.3 is 0 Å². The van der Waals surface area contributed by atoms with Gasteiger partial charge in [-0.1, -0.05) is 28.4 Å². The third-order valence-corrected chi connectivity index (χ3v) is 3.46. The molecule has 1 fully saturated rings. The van der Waals surface area contributed by atoms with Crippen LogP contribution in [-0.4, -0.2) is 5.33 Å². The second-order valence-corrected chi connectivity index (χ2v) is 3.54. The van der Waals surface area contributed by atoms with Gasteiger partial charge in [0.05, 0.1) is 0 Å². The van der Waals surface area contributed by atoms with Gasteiger partial charge in [-0.25, -0.2) is 0 Å². The van der Waals surface area contributed by atoms with E-state index in [9.17, 15) is 0 Å². The fourth-order valence-corrected chi connectivity index (χ4v) is 2.16. The Bertz CT molecular complexity index is 97.6. The summed E-state index contributed by atoms with van der Waals surface area (Å²) in [7, 11) is 0. The number of alkyl halides is 1. The molecule has 0 atom stereocenters. The standard InChI is InChI=1S/C8H13Br/c1-2-4-8(7-9)5-3-6-8/h2H,1,3-7H2. The molecule has 0 radical (unpaired) electrons. The maximum atomic E-state index is 3.75. The summed E-state index contributed by atoms with van der Waals surface area (Å²) >= 11 is 3.54. The van der Waals surface area contributed by atoms with Gasteiger partial charge in [-0.3, -0.25) is 0 Å². The van der Waals surface area contributed by atoms with E-state index in [1.54, 1.807) is 0 Å². The highest BCUT2D eigenvalue weighted by molar-refractivity contribution is 9.09. The first-order chi connectivity index (χ1) is 4.33. The molecule has 1 saturated carbocycles. The average molecular weight is 189 g/mol. The van der Waals surface area contributed by atoms with Crippen molar-refractivity contribution in [3.8, 4) is 0 Å². The van der Waals surface area contributed by atoms with Gasteiger partial charge in [0.1, 0.15) is 0 Å². The molecule has 0 aromatic rings. The molecule has 1 heteroatoms. The third-order valence-electron chi connectivity index (χ3n) is 2.28. The molecule has 1 aliphatic rings. The highest BCUT2D eigenvalue weighted by Crippen LogP contribution is 2.45. The first-order valence-corrected chi connectivity index (χ1v) is 4.62. The minimum atomic E-state index is 0.613. The molecular formula is C8H13Br. The molecule has 0 heterocycles.